The molecule has 2 nitrogen and oxygen atoms in total. The molecule has 0 heterocycles. The summed E-state index contributed by atoms with van der Waals surface area (Å²) in [6.45, 7) is 2.11. The Labute approximate surface area is 60.6 Å². The van der Waals surface area contributed by atoms with Crippen LogP contribution < -0.4 is 0 Å². The highest BCUT2D eigenvalue weighted by atomic mass is 16.3. The summed E-state index contributed by atoms with van der Waals surface area (Å²) >= 11 is 0. The van der Waals surface area contributed by atoms with Gasteiger partial charge in [0.05, 0.1) is 0 Å². The third-order valence-electron chi connectivity index (χ3n) is 1.76. The maximum Gasteiger partial charge on any atom is 0.103 e. The number of hydrogen-bond acceptors (Lipinski definition) is 2. The molecule has 0 fully saturated rings. The van der Waals surface area contributed by atoms with Gasteiger partial charge in [0.15, 0.2) is 0 Å². The molecular formula is C8H11NO. The summed E-state index contributed by atoms with van der Waals surface area (Å²) < 4.78 is 0. The van der Waals surface area contributed by atoms with Crippen molar-refractivity contribution >= 4 is 0 Å². The SMILES string of the molecule is CC[C@H]1C=C(N=O)C=CC1. The standard InChI is InChI=1S/C8H11NO/c1-2-7-4-3-5-8(6-7)9-10/h3,5-7H,2,4H2,1H3/t7-/m1/s1. The largest absolute Gasteiger partial charge is 0.145 e. The second-order valence-electron chi connectivity index (χ2n) is 2.49. The first-order chi connectivity index (χ1) is 4.86. The molecule has 0 amide bonds. The van der Waals surface area contributed by atoms with Crippen LogP contribution in [0.4, 0.5) is 0 Å². The number of allylic oxidation sites excluding steroid dienone is 3. The van der Waals surface area contributed by atoms with Gasteiger partial charge in [-0.15, -0.1) is 4.91 Å². The van der Waals surface area contributed by atoms with Gasteiger partial charge in [-0.3, -0.25) is 0 Å². The molecule has 0 radical (unpaired) electrons. The van der Waals surface area contributed by atoms with Crippen LogP contribution in [0.5, 0.6) is 0 Å². The molecular weight excluding hydrogens is 126 g/mol. The van der Waals surface area contributed by atoms with Gasteiger partial charge < -0.3 is 0 Å². The molecule has 0 unspecified atom stereocenters. The second-order valence-corrected chi connectivity index (χ2v) is 2.49. The van der Waals surface area contributed by atoms with Crippen LogP contribution in [0.2, 0.25) is 0 Å². The number of hydrogen-bond donors (Lipinski definition) is 0. The van der Waals surface area contributed by atoms with Crippen LogP contribution in [0, 0.1) is 10.8 Å². The summed E-state index contributed by atoms with van der Waals surface area (Å²) in [5.74, 6) is 0.526. The Kier molecular flexibility index (Phi) is 2.37. The van der Waals surface area contributed by atoms with Gasteiger partial charge in [0.25, 0.3) is 0 Å². The van der Waals surface area contributed by atoms with Gasteiger partial charge in [-0.05, 0) is 30.0 Å². The molecule has 0 spiro atoms. The van der Waals surface area contributed by atoms with Crippen molar-refractivity contribution in [2.75, 3.05) is 0 Å². The lowest BCUT2D eigenvalue weighted by molar-refractivity contribution is 0.627. The minimum absolute atomic E-state index is 0.526. The van der Waals surface area contributed by atoms with Crippen molar-refractivity contribution in [3.8, 4) is 0 Å². The summed E-state index contributed by atoms with van der Waals surface area (Å²) in [5, 5.41) is 2.87. The van der Waals surface area contributed by atoms with E-state index in [2.05, 4.69) is 12.1 Å². The lowest BCUT2D eigenvalue weighted by Crippen LogP contribution is -1.96. The van der Waals surface area contributed by atoms with Gasteiger partial charge in [-0.2, -0.15) is 0 Å². The van der Waals surface area contributed by atoms with Crippen LogP contribution in [-0.4, -0.2) is 0 Å². The fourth-order valence-electron chi connectivity index (χ4n) is 1.07. The predicted molar refractivity (Wildman–Crippen MR) is 41.4 cm³/mol. The van der Waals surface area contributed by atoms with E-state index in [1.165, 1.54) is 0 Å². The maximum atomic E-state index is 10.1. The zero-order valence-electron chi connectivity index (χ0n) is 6.08. The van der Waals surface area contributed by atoms with E-state index in [9.17, 15) is 4.91 Å². The molecule has 2 heteroatoms. The van der Waals surface area contributed by atoms with E-state index < -0.39 is 0 Å². The van der Waals surface area contributed by atoms with E-state index in [1.807, 2.05) is 12.2 Å². The summed E-state index contributed by atoms with van der Waals surface area (Å²) in [6, 6.07) is 0. The van der Waals surface area contributed by atoms with Crippen molar-refractivity contribution < 1.29 is 0 Å². The molecule has 0 aromatic rings. The first-order valence-electron chi connectivity index (χ1n) is 3.58. The van der Waals surface area contributed by atoms with Crippen molar-refractivity contribution in [2.45, 2.75) is 19.8 Å². The first kappa shape index (κ1) is 7.19. The van der Waals surface area contributed by atoms with E-state index >= 15 is 0 Å². The van der Waals surface area contributed by atoms with Crippen molar-refractivity contribution in [2.24, 2.45) is 11.1 Å². The van der Waals surface area contributed by atoms with Crippen LogP contribution in [0.3, 0.4) is 0 Å². The molecule has 0 bridgehead atoms. The van der Waals surface area contributed by atoms with Crippen LogP contribution in [-0.2, 0) is 0 Å². The third kappa shape index (κ3) is 1.53. The predicted octanol–water partition coefficient (Wildman–Crippen LogP) is 2.62. The Morgan fingerprint density at radius 1 is 1.80 bits per heavy atom. The second kappa shape index (κ2) is 3.30. The molecule has 0 aromatic carbocycles. The van der Waals surface area contributed by atoms with Crippen molar-refractivity contribution in [3.63, 3.8) is 0 Å². The highest BCUT2D eigenvalue weighted by Gasteiger charge is 2.06. The van der Waals surface area contributed by atoms with Gasteiger partial charge in [0.2, 0.25) is 0 Å². The van der Waals surface area contributed by atoms with Gasteiger partial charge in [0, 0.05) is 0 Å². The zero-order valence-corrected chi connectivity index (χ0v) is 6.08. The Morgan fingerprint density at radius 3 is 3.20 bits per heavy atom. The zero-order chi connectivity index (χ0) is 7.40. The average molecular weight is 137 g/mol. The van der Waals surface area contributed by atoms with E-state index in [1.54, 1.807) is 6.08 Å². The smallest absolute Gasteiger partial charge is 0.103 e. The number of rotatable bonds is 2. The number of nitrogens with zero attached hydrogens (tertiary/aromatic N) is 1. The topological polar surface area (TPSA) is 29.4 Å². The highest BCUT2D eigenvalue weighted by Crippen LogP contribution is 2.19. The minimum atomic E-state index is 0.526. The van der Waals surface area contributed by atoms with Crippen molar-refractivity contribution in [1.29, 1.82) is 0 Å². The van der Waals surface area contributed by atoms with E-state index in [0.717, 1.165) is 12.8 Å². The lowest BCUT2D eigenvalue weighted by atomic mass is 9.97. The third-order valence-corrected chi connectivity index (χ3v) is 1.76. The maximum absolute atomic E-state index is 10.1. The molecule has 54 valence electrons. The van der Waals surface area contributed by atoms with Crippen molar-refractivity contribution in [1.82, 2.24) is 0 Å². The minimum Gasteiger partial charge on any atom is -0.145 e. The van der Waals surface area contributed by atoms with Crippen molar-refractivity contribution in [3.05, 3.63) is 28.8 Å². The molecule has 0 aromatic heterocycles. The molecule has 0 aliphatic heterocycles. The molecule has 0 N–H and O–H groups in total. The Morgan fingerprint density at radius 2 is 2.60 bits per heavy atom. The molecule has 10 heavy (non-hydrogen) atoms. The van der Waals surface area contributed by atoms with Gasteiger partial charge in [-0.25, -0.2) is 0 Å². The first-order valence-corrected chi connectivity index (χ1v) is 3.58. The summed E-state index contributed by atoms with van der Waals surface area (Å²) in [7, 11) is 0. The fourth-order valence-corrected chi connectivity index (χ4v) is 1.07. The Hall–Kier alpha value is -0.920. The van der Waals surface area contributed by atoms with Gasteiger partial charge in [0.1, 0.15) is 5.70 Å². The Balaban J connectivity index is 2.64. The molecule has 0 saturated heterocycles. The summed E-state index contributed by atoms with van der Waals surface area (Å²) in [6.07, 6.45) is 7.86. The average Bonchev–Trinajstić information content (AvgIpc) is 2.05. The van der Waals surface area contributed by atoms with E-state index in [4.69, 9.17) is 0 Å². The highest BCUT2D eigenvalue weighted by molar-refractivity contribution is 5.22. The monoisotopic (exact) mass is 137 g/mol. The summed E-state index contributed by atoms with van der Waals surface area (Å²) in [5.41, 5.74) is 0.582. The van der Waals surface area contributed by atoms with Crippen LogP contribution in [0.15, 0.2) is 29.1 Å². The van der Waals surface area contributed by atoms with Gasteiger partial charge in [-0.1, -0.05) is 19.1 Å². The molecule has 0 saturated carbocycles. The molecule has 1 aliphatic carbocycles. The normalized spacial score (nSPS) is 24.1. The Bertz CT molecular complexity index is 182. The quantitative estimate of drug-likeness (QED) is 0.538. The van der Waals surface area contributed by atoms with E-state index in [-0.39, 0.29) is 0 Å². The van der Waals surface area contributed by atoms with Gasteiger partial charge >= 0.3 is 0 Å². The van der Waals surface area contributed by atoms with E-state index in [0.29, 0.717) is 11.6 Å². The lowest BCUT2D eigenvalue weighted by Gasteiger charge is -2.09. The molecule has 1 rings (SSSR count). The van der Waals surface area contributed by atoms with Crippen LogP contribution in [0.25, 0.3) is 0 Å². The fraction of sp³-hybridized carbons (Fsp3) is 0.500. The molecule has 1 atom stereocenters. The molecule has 1 aliphatic rings. The van der Waals surface area contributed by atoms with Crippen LogP contribution in [0.1, 0.15) is 19.8 Å². The number of nitroso groups, excluding NO2 is 1. The summed E-state index contributed by atoms with van der Waals surface area (Å²) in [4.78, 5) is 10.1. The van der Waals surface area contributed by atoms with Crippen LogP contribution >= 0.6 is 0 Å².